The third-order valence-corrected chi connectivity index (χ3v) is 6.61. The second kappa shape index (κ2) is 13.6. The highest BCUT2D eigenvalue weighted by molar-refractivity contribution is 6.46. The first-order chi connectivity index (χ1) is 19.0. The van der Waals surface area contributed by atoms with Crippen molar-refractivity contribution in [1.82, 2.24) is 4.90 Å². The molecule has 1 atom stereocenters. The van der Waals surface area contributed by atoms with E-state index in [1.165, 1.54) is 4.90 Å². The summed E-state index contributed by atoms with van der Waals surface area (Å²) in [6.07, 6.45) is 2.47. The predicted molar refractivity (Wildman–Crippen MR) is 150 cm³/mol. The molecule has 0 aliphatic carbocycles. The van der Waals surface area contributed by atoms with Crippen molar-refractivity contribution >= 4 is 17.4 Å². The Morgan fingerprint density at radius 1 is 0.872 bits per heavy atom. The van der Waals surface area contributed by atoms with Gasteiger partial charge in [-0.1, -0.05) is 67.9 Å². The normalized spacial score (nSPS) is 16.5. The molecule has 39 heavy (non-hydrogen) atoms. The first-order valence-electron chi connectivity index (χ1n) is 13.3. The molecule has 7 heteroatoms. The number of Topliss-reactive ketones (excluding diaryl/α,β-unsaturated/α-hetero) is 1. The number of hydrogen-bond donors (Lipinski definition) is 1. The second-order valence-corrected chi connectivity index (χ2v) is 9.41. The maximum atomic E-state index is 13.3. The van der Waals surface area contributed by atoms with Gasteiger partial charge in [-0.3, -0.25) is 9.59 Å². The molecule has 1 unspecified atom stereocenters. The fraction of sp³-hybridized carbons (Fsp3) is 0.312. The van der Waals surface area contributed by atoms with Gasteiger partial charge < -0.3 is 24.2 Å². The first kappa shape index (κ1) is 27.9. The molecule has 1 aliphatic rings. The molecular formula is C32H35NO6. The third-order valence-electron chi connectivity index (χ3n) is 6.61. The van der Waals surface area contributed by atoms with Crippen molar-refractivity contribution in [1.29, 1.82) is 0 Å². The lowest BCUT2D eigenvalue weighted by molar-refractivity contribution is -0.140. The quantitative estimate of drug-likeness (QED) is 0.128. The number of unbranched alkanes of at least 4 members (excludes halogenated alkanes) is 1. The van der Waals surface area contributed by atoms with Gasteiger partial charge in [0.05, 0.1) is 18.2 Å². The van der Waals surface area contributed by atoms with Gasteiger partial charge in [0.2, 0.25) is 0 Å². The minimum atomic E-state index is -0.741. The van der Waals surface area contributed by atoms with Crippen molar-refractivity contribution in [3.63, 3.8) is 0 Å². The molecule has 0 saturated carbocycles. The van der Waals surface area contributed by atoms with Gasteiger partial charge >= 0.3 is 0 Å². The van der Waals surface area contributed by atoms with E-state index in [0.717, 1.165) is 18.4 Å². The number of aliphatic hydroxyl groups is 1. The Kier molecular flexibility index (Phi) is 9.75. The van der Waals surface area contributed by atoms with Crippen LogP contribution in [0.15, 0.2) is 84.4 Å². The van der Waals surface area contributed by atoms with Gasteiger partial charge in [0, 0.05) is 25.8 Å². The Morgan fingerprint density at radius 3 is 2.36 bits per heavy atom. The molecule has 1 amide bonds. The lowest BCUT2D eigenvalue weighted by Gasteiger charge is -2.25. The topological polar surface area (TPSA) is 85.3 Å². The van der Waals surface area contributed by atoms with Crippen molar-refractivity contribution in [3.8, 4) is 11.5 Å². The molecule has 0 aromatic heterocycles. The van der Waals surface area contributed by atoms with Crippen LogP contribution < -0.4 is 9.47 Å². The summed E-state index contributed by atoms with van der Waals surface area (Å²) in [7, 11) is 1.59. The molecule has 0 bridgehead atoms. The van der Waals surface area contributed by atoms with E-state index in [2.05, 4.69) is 6.92 Å². The summed E-state index contributed by atoms with van der Waals surface area (Å²) >= 11 is 0. The largest absolute Gasteiger partial charge is 0.507 e. The van der Waals surface area contributed by atoms with E-state index in [-0.39, 0.29) is 11.3 Å². The van der Waals surface area contributed by atoms with Gasteiger partial charge in [-0.05, 0) is 48.2 Å². The number of methoxy groups -OCH3 is 1. The summed E-state index contributed by atoms with van der Waals surface area (Å²) in [5.41, 5.74) is 2.23. The van der Waals surface area contributed by atoms with Crippen molar-refractivity contribution in [2.45, 2.75) is 38.8 Å². The van der Waals surface area contributed by atoms with Crippen LogP contribution in [0.25, 0.3) is 5.76 Å². The van der Waals surface area contributed by atoms with Gasteiger partial charge in [-0.2, -0.15) is 0 Å². The molecule has 0 spiro atoms. The summed E-state index contributed by atoms with van der Waals surface area (Å²) in [6, 6.07) is 23.4. The number of carbonyl (C=O) groups is 2. The third kappa shape index (κ3) is 6.86. The second-order valence-electron chi connectivity index (χ2n) is 9.41. The standard InChI is InChI=1S/C32H35NO6/c1-3-4-20-38-27-13-8-12-25(21-27)30(34)28-29(33(18-9-19-37-2)32(36)31(28)35)24-14-16-26(17-15-24)39-22-23-10-6-5-7-11-23/h5-8,10-17,21,29,34H,3-4,9,18-20,22H2,1-2H3/b30-28+. The van der Waals surface area contributed by atoms with Crippen molar-refractivity contribution < 1.29 is 28.9 Å². The molecule has 1 aliphatic heterocycles. The fourth-order valence-corrected chi connectivity index (χ4v) is 4.55. The molecule has 0 radical (unpaired) electrons. The van der Waals surface area contributed by atoms with E-state index in [0.29, 0.717) is 55.4 Å². The Morgan fingerprint density at radius 2 is 1.64 bits per heavy atom. The SMILES string of the molecule is CCCCOc1cccc(/C(O)=C2\C(=O)C(=O)N(CCCOC)C2c2ccc(OCc3ccccc3)cc2)c1. The summed E-state index contributed by atoms with van der Waals surface area (Å²) in [6.45, 7) is 3.82. The monoisotopic (exact) mass is 529 g/mol. The molecule has 204 valence electrons. The first-order valence-corrected chi connectivity index (χ1v) is 13.3. The minimum Gasteiger partial charge on any atom is -0.507 e. The maximum absolute atomic E-state index is 13.3. The van der Waals surface area contributed by atoms with Crippen LogP contribution in [0.1, 0.15) is 48.9 Å². The smallest absolute Gasteiger partial charge is 0.295 e. The molecule has 1 N–H and O–H groups in total. The van der Waals surface area contributed by atoms with Crippen LogP contribution >= 0.6 is 0 Å². The maximum Gasteiger partial charge on any atom is 0.295 e. The van der Waals surface area contributed by atoms with E-state index in [1.54, 1.807) is 31.4 Å². The number of carbonyl (C=O) groups excluding carboxylic acids is 2. The molecule has 1 fully saturated rings. The fourth-order valence-electron chi connectivity index (χ4n) is 4.55. The lowest BCUT2D eigenvalue weighted by atomic mass is 9.95. The number of amides is 1. The van der Waals surface area contributed by atoms with Gasteiger partial charge in [0.25, 0.3) is 11.7 Å². The van der Waals surface area contributed by atoms with Crippen molar-refractivity contribution in [2.24, 2.45) is 0 Å². The van der Waals surface area contributed by atoms with Crippen LogP contribution in [0.4, 0.5) is 0 Å². The Balaban J connectivity index is 1.65. The molecule has 4 rings (SSSR count). The molecule has 3 aromatic rings. The van der Waals surface area contributed by atoms with E-state index < -0.39 is 17.7 Å². The Hall–Kier alpha value is -4.10. The minimum absolute atomic E-state index is 0.0566. The summed E-state index contributed by atoms with van der Waals surface area (Å²) in [4.78, 5) is 27.9. The molecule has 7 nitrogen and oxygen atoms in total. The van der Waals surface area contributed by atoms with Gasteiger partial charge in [0.1, 0.15) is 23.9 Å². The summed E-state index contributed by atoms with van der Waals surface area (Å²) < 4.78 is 16.9. The van der Waals surface area contributed by atoms with E-state index >= 15 is 0 Å². The number of nitrogens with zero attached hydrogens (tertiary/aromatic N) is 1. The van der Waals surface area contributed by atoms with Gasteiger partial charge in [-0.25, -0.2) is 0 Å². The van der Waals surface area contributed by atoms with Crippen LogP contribution in [0.2, 0.25) is 0 Å². The van der Waals surface area contributed by atoms with Crippen LogP contribution in [-0.4, -0.2) is 48.6 Å². The number of likely N-dealkylation sites (tertiary alicyclic amines) is 1. The predicted octanol–water partition coefficient (Wildman–Crippen LogP) is 5.90. The van der Waals surface area contributed by atoms with E-state index in [4.69, 9.17) is 14.2 Å². The number of ether oxygens (including phenoxy) is 3. The number of aliphatic hydroxyl groups excluding tert-OH is 1. The zero-order chi connectivity index (χ0) is 27.6. The summed E-state index contributed by atoms with van der Waals surface area (Å²) in [5, 5.41) is 11.4. The van der Waals surface area contributed by atoms with Gasteiger partial charge in [0.15, 0.2) is 0 Å². The average molecular weight is 530 g/mol. The Labute approximate surface area is 229 Å². The number of hydrogen-bond acceptors (Lipinski definition) is 6. The van der Waals surface area contributed by atoms with E-state index in [1.807, 2.05) is 54.6 Å². The van der Waals surface area contributed by atoms with Crippen LogP contribution in [0.5, 0.6) is 11.5 Å². The van der Waals surface area contributed by atoms with Crippen molar-refractivity contribution in [2.75, 3.05) is 26.9 Å². The highest BCUT2D eigenvalue weighted by atomic mass is 16.5. The van der Waals surface area contributed by atoms with Crippen LogP contribution in [-0.2, 0) is 20.9 Å². The zero-order valence-electron chi connectivity index (χ0n) is 22.5. The molecular weight excluding hydrogens is 494 g/mol. The number of benzene rings is 3. The molecule has 1 heterocycles. The number of ketones is 1. The highest BCUT2D eigenvalue weighted by Gasteiger charge is 2.45. The van der Waals surface area contributed by atoms with E-state index in [9.17, 15) is 14.7 Å². The van der Waals surface area contributed by atoms with Crippen LogP contribution in [0.3, 0.4) is 0 Å². The van der Waals surface area contributed by atoms with Crippen molar-refractivity contribution in [3.05, 3.63) is 101 Å². The molecule has 1 saturated heterocycles. The zero-order valence-corrected chi connectivity index (χ0v) is 22.5. The lowest BCUT2D eigenvalue weighted by Crippen LogP contribution is -2.31. The molecule has 3 aromatic carbocycles. The Bertz CT molecular complexity index is 1290. The average Bonchev–Trinajstić information content (AvgIpc) is 3.22. The van der Waals surface area contributed by atoms with Crippen LogP contribution in [0, 0.1) is 0 Å². The highest BCUT2D eigenvalue weighted by Crippen LogP contribution is 2.40. The number of rotatable bonds is 13. The summed E-state index contributed by atoms with van der Waals surface area (Å²) in [5.74, 6) is -0.318. The van der Waals surface area contributed by atoms with Gasteiger partial charge in [-0.15, -0.1) is 0 Å².